The van der Waals surface area contributed by atoms with Crippen LogP contribution in [-0.2, 0) is 17.8 Å². The summed E-state index contributed by atoms with van der Waals surface area (Å²) in [4.78, 5) is 27.1. The molecule has 1 unspecified atom stereocenters. The van der Waals surface area contributed by atoms with Crippen LogP contribution >= 0.6 is 11.6 Å². The van der Waals surface area contributed by atoms with Crippen LogP contribution in [0.1, 0.15) is 5.56 Å². The largest absolute Gasteiger partial charge is 0.294 e. The summed E-state index contributed by atoms with van der Waals surface area (Å²) in [5, 5.41) is 5.36. The van der Waals surface area contributed by atoms with Gasteiger partial charge in [-0.25, -0.2) is 28.6 Å². The Morgan fingerprint density at radius 1 is 0.875 bits per heavy atom. The molecule has 198 valence electrons. The van der Waals surface area contributed by atoms with Crippen LogP contribution in [-0.4, -0.2) is 38.1 Å². The lowest BCUT2D eigenvalue weighted by molar-refractivity contribution is 0.548. The van der Waals surface area contributed by atoms with E-state index in [1.54, 1.807) is 45.9 Å². The molecule has 12 heteroatoms. The molecule has 0 amide bonds. The zero-order chi connectivity index (χ0) is 27.6. The summed E-state index contributed by atoms with van der Waals surface area (Å²) in [5.41, 5.74) is 4.61. The van der Waals surface area contributed by atoms with E-state index >= 15 is 0 Å². The maximum absolute atomic E-state index is 13.9. The number of halogens is 1. The van der Waals surface area contributed by atoms with Crippen LogP contribution in [0.15, 0.2) is 103 Å². The highest BCUT2D eigenvalue weighted by molar-refractivity contribution is 7.77. The first-order valence-corrected chi connectivity index (χ1v) is 13.5. The molecule has 40 heavy (non-hydrogen) atoms. The lowest BCUT2D eigenvalue weighted by Crippen LogP contribution is -2.22. The first-order valence-electron chi connectivity index (χ1n) is 12.0. The fourth-order valence-electron chi connectivity index (χ4n) is 4.38. The molecule has 0 fully saturated rings. The van der Waals surface area contributed by atoms with E-state index in [1.165, 1.54) is 12.5 Å². The van der Waals surface area contributed by atoms with Crippen molar-refractivity contribution in [3.63, 3.8) is 0 Å². The zero-order valence-electron chi connectivity index (χ0n) is 20.7. The molecule has 0 aliphatic heterocycles. The van der Waals surface area contributed by atoms with E-state index in [4.69, 9.17) is 21.1 Å². The monoisotopic (exact) mass is 569 g/mol. The normalized spacial score (nSPS) is 12.1. The molecule has 1 atom stereocenters. The molecular weight excluding hydrogens is 550 g/mol. The van der Waals surface area contributed by atoms with E-state index in [1.807, 2.05) is 48.5 Å². The van der Waals surface area contributed by atoms with Crippen LogP contribution in [0, 0.1) is 0 Å². The van der Waals surface area contributed by atoms with Gasteiger partial charge < -0.3 is 0 Å². The maximum Gasteiger partial charge on any atom is 0.269 e. The number of benzene rings is 3. The van der Waals surface area contributed by atoms with E-state index in [0.29, 0.717) is 38.8 Å². The van der Waals surface area contributed by atoms with Crippen LogP contribution < -0.4 is 10.3 Å². The van der Waals surface area contributed by atoms with Crippen LogP contribution in [0.2, 0.25) is 5.02 Å². The molecule has 0 radical (unpaired) electrons. The van der Waals surface area contributed by atoms with Gasteiger partial charge in [0.25, 0.3) is 5.56 Å². The molecule has 10 nitrogen and oxygen atoms in total. The summed E-state index contributed by atoms with van der Waals surface area (Å²) in [6, 6.07) is 21.9. The molecule has 0 aliphatic rings. The Balaban J connectivity index is 1.53. The molecule has 0 aliphatic carbocycles. The highest BCUT2D eigenvalue weighted by atomic mass is 35.5. The van der Waals surface area contributed by atoms with Gasteiger partial charge in [0.05, 0.1) is 17.6 Å². The number of rotatable bonds is 7. The van der Waals surface area contributed by atoms with E-state index in [9.17, 15) is 9.00 Å². The van der Waals surface area contributed by atoms with Crippen LogP contribution in [0.4, 0.5) is 0 Å². The van der Waals surface area contributed by atoms with Crippen molar-refractivity contribution in [3.8, 4) is 33.9 Å². The third-order valence-electron chi connectivity index (χ3n) is 6.28. The third-order valence-corrected chi connectivity index (χ3v) is 6.92. The number of hydrogen-bond donors (Lipinski definition) is 2. The van der Waals surface area contributed by atoms with Gasteiger partial charge in [0.1, 0.15) is 17.5 Å². The quantitative estimate of drug-likeness (QED) is 0.269. The minimum Gasteiger partial charge on any atom is -0.294 e. The summed E-state index contributed by atoms with van der Waals surface area (Å²) in [6.45, 7) is 0.178. The Morgan fingerprint density at radius 2 is 1.60 bits per heavy atom. The summed E-state index contributed by atoms with van der Waals surface area (Å²) >= 11 is 3.99. The molecule has 6 aromatic rings. The predicted octanol–water partition coefficient (Wildman–Crippen LogP) is 4.58. The fraction of sp³-hybridized carbons (Fsp3) is 0.0357. The summed E-state index contributed by atoms with van der Waals surface area (Å²) < 4.78 is 25.7. The molecule has 3 aromatic heterocycles. The van der Waals surface area contributed by atoms with Crippen molar-refractivity contribution in [2.75, 3.05) is 0 Å². The smallest absolute Gasteiger partial charge is 0.269 e. The van der Waals surface area contributed by atoms with Gasteiger partial charge in [-0.05, 0) is 47.5 Å². The minimum absolute atomic E-state index is 0.178. The summed E-state index contributed by atoms with van der Waals surface area (Å²) in [5.74, 6) is 0.422. The van der Waals surface area contributed by atoms with Crippen LogP contribution in [0.25, 0.3) is 44.9 Å². The van der Waals surface area contributed by atoms with Gasteiger partial charge in [-0.3, -0.25) is 13.9 Å². The van der Waals surface area contributed by atoms with Gasteiger partial charge in [0.2, 0.25) is 11.3 Å². The molecule has 0 spiro atoms. The number of nitrogens with one attached hydrogen (secondary N) is 1. The van der Waals surface area contributed by atoms with Crippen molar-refractivity contribution in [3.05, 3.63) is 119 Å². The fourth-order valence-corrected chi connectivity index (χ4v) is 4.80. The minimum atomic E-state index is -2.14. The molecule has 0 bridgehead atoms. The van der Waals surface area contributed by atoms with Crippen molar-refractivity contribution in [1.82, 2.24) is 34.0 Å². The average molecular weight is 570 g/mol. The maximum atomic E-state index is 13.9. The highest BCUT2D eigenvalue weighted by Gasteiger charge is 2.19. The van der Waals surface area contributed by atoms with Crippen molar-refractivity contribution < 1.29 is 8.76 Å². The Hall–Kier alpha value is -4.55. The second-order valence-electron chi connectivity index (χ2n) is 8.79. The zero-order valence-corrected chi connectivity index (χ0v) is 22.3. The molecular formula is C28H20ClN7O3S. The molecule has 0 saturated heterocycles. The number of aromatic nitrogens is 6. The molecule has 0 saturated carbocycles. The lowest BCUT2D eigenvalue weighted by Gasteiger charge is -2.14. The van der Waals surface area contributed by atoms with Crippen molar-refractivity contribution >= 4 is 33.9 Å². The van der Waals surface area contributed by atoms with E-state index in [2.05, 4.69) is 19.8 Å². The first-order chi connectivity index (χ1) is 19.5. The Morgan fingerprint density at radius 3 is 2.33 bits per heavy atom. The Kier molecular flexibility index (Phi) is 7.01. The van der Waals surface area contributed by atoms with Crippen molar-refractivity contribution in [2.45, 2.75) is 6.54 Å². The SMILES string of the molecule is O=c1c2cnn(-c3cccc(CNS(=O)O)c3)c2nc(-c2ccc(-c3cncnc3)cc2)n1-c1ccc(Cl)cc1. The molecule has 3 heterocycles. The Bertz CT molecular complexity index is 1910. The van der Waals surface area contributed by atoms with Gasteiger partial charge in [-0.15, -0.1) is 0 Å². The standard InChI is InChI=1S/C28H20ClN7O3S/c29-22-8-10-23(11-9-22)35-26(20-6-4-19(5-7-20)21-14-30-17-31-15-21)34-27-25(28(35)37)16-32-36(27)24-3-1-2-18(12-24)13-33-40(38)39/h1-12,14-17,33H,13H2,(H,38,39). The van der Waals surface area contributed by atoms with E-state index in [-0.39, 0.29) is 12.1 Å². The van der Waals surface area contributed by atoms with Gasteiger partial charge in [-0.1, -0.05) is 48.0 Å². The Labute approximate surface area is 235 Å². The number of hydrogen-bond acceptors (Lipinski definition) is 6. The lowest BCUT2D eigenvalue weighted by atomic mass is 10.1. The van der Waals surface area contributed by atoms with Crippen molar-refractivity contribution in [2.24, 2.45) is 0 Å². The third kappa shape index (κ3) is 5.06. The molecule has 2 N–H and O–H groups in total. The number of nitrogens with zero attached hydrogens (tertiary/aromatic N) is 6. The van der Waals surface area contributed by atoms with Crippen molar-refractivity contribution in [1.29, 1.82) is 0 Å². The van der Waals surface area contributed by atoms with Gasteiger partial charge in [-0.2, -0.15) is 5.10 Å². The topological polar surface area (TPSA) is 128 Å². The number of fused-ring (bicyclic) bond motifs is 1. The molecule has 3 aromatic carbocycles. The summed E-state index contributed by atoms with van der Waals surface area (Å²) in [6.07, 6.45) is 6.44. The predicted molar refractivity (Wildman–Crippen MR) is 154 cm³/mol. The second-order valence-corrected chi connectivity index (χ2v) is 10.0. The van der Waals surface area contributed by atoms with Crippen LogP contribution in [0.5, 0.6) is 0 Å². The first kappa shape index (κ1) is 25.7. The average Bonchev–Trinajstić information content (AvgIpc) is 3.42. The van der Waals surface area contributed by atoms with E-state index in [0.717, 1.165) is 16.7 Å². The summed E-state index contributed by atoms with van der Waals surface area (Å²) in [7, 11) is 0. The molecule has 6 rings (SSSR count). The van der Waals surface area contributed by atoms with Gasteiger partial charge >= 0.3 is 0 Å². The van der Waals surface area contributed by atoms with E-state index < -0.39 is 11.3 Å². The second kappa shape index (κ2) is 10.9. The highest BCUT2D eigenvalue weighted by Crippen LogP contribution is 2.27. The van der Waals surface area contributed by atoms with Gasteiger partial charge in [0.15, 0.2) is 5.65 Å². The van der Waals surface area contributed by atoms with Crippen LogP contribution in [0.3, 0.4) is 0 Å². The van der Waals surface area contributed by atoms with Gasteiger partial charge in [0, 0.05) is 35.1 Å².